The Bertz CT molecular complexity index is 1060. The Kier molecular flexibility index (Phi) is 6.20. The molecule has 0 atom stereocenters. The van der Waals surface area contributed by atoms with E-state index < -0.39 is 18.5 Å². The quantitative estimate of drug-likeness (QED) is 0.487. The van der Waals surface area contributed by atoms with Gasteiger partial charge in [0.05, 0.1) is 11.4 Å². The van der Waals surface area contributed by atoms with Crippen LogP contribution in [0.2, 0.25) is 0 Å². The van der Waals surface area contributed by atoms with Gasteiger partial charge in [0.25, 0.3) is 5.91 Å². The van der Waals surface area contributed by atoms with Crippen molar-refractivity contribution in [3.8, 4) is 5.69 Å². The molecule has 0 saturated carbocycles. The lowest BCUT2D eigenvalue weighted by molar-refractivity contribution is -0.142. The fourth-order valence-corrected chi connectivity index (χ4v) is 2.66. The number of esters is 1. The number of furan rings is 1. The van der Waals surface area contributed by atoms with Gasteiger partial charge in [-0.3, -0.25) is 4.79 Å². The van der Waals surface area contributed by atoms with Crippen LogP contribution in [0.1, 0.15) is 38.0 Å². The predicted molar refractivity (Wildman–Crippen MR) is 114 cm³/mol. The van der Waals surface area contributed by atoms with Crippen molar-refractivity contribution in [3.63, 3.8) is 0 Å². The highest BCUT2D eigenvalue weighted by Crippen LogP contribution is 2.26. The molecule has 2 heterocycles. The minimum Gasteiger partial charge on any atom is -0.462 e. The van der Waals surface area contributed by atoms with Gasteiger partial charge >= 0.3 is 5.97 Å². The number of amides is 1. The van der Waals surface area contributed by atoms with E-state index in [9.17, 15) is 9.59 Å². The second-order valence-corrected chi connectivity index (χ2v) is 7.85. The first kappa shape index (κ1) is 21.1. The van der Waals surface area contributed by atoms with Crippen molar-refractivity contribution < 1.29 is 18.7 Å². The molecule has 1 amide bonds. The molecule has 1 N–H and O–H groups in total. The van der Waals surface area contributed by atoms with Crippen LogP contribution in [0.3, 0.4) is 0 Å². The second kappa shape index (κ2) is 8.82. The lowest BCUT2D eigenvalue weighted by atomic mass is 9.92. The largest absolute Gasteiger partial charge is 0.462 e. The molecule has 0 unspecified atom stereocenters. The summed E-state index contributed by atoms with van der Waals surface area (Å²) < 4.78 is 12.0. The first-order chi connectivity index (χ1) is 14.2. The highest BCUT2D eigenvalue weighted by atomic mass is 16.5. The Morgan fingerprint density at radius 3 is 2.53 bits per heavy atom. The maximum Gasteiger partial charge on any atom is 0.331 e. The minimum absolute atomic E-state index is 0.193. The van der Waals surface area contributed by atoms with Gasteiger partial charge in [-0.25, -0.2) is 9.48 Å². The maximum atomic E-state index is 12.4. The van der Waals surface area contributed by atoms with Crippen LogP contribution in [0.4, 0.5) is 5.82 Å². The molecular formula is C23H25N3O4. The lowest BCUT2D eigenvalue weighted by Crippen LogP contribution is -2.21. The number of anilines is 1. The zero-order valence-corrected chi connectivity index (χ0v) is 17.5. The SMILES string of the molecule is Cc1ccc(/C=C/C(=O)OCC(=O)Nc2cc(C(C)(C)C)nn2-c2ccccc2)o1. The van der Waals surface area contributed by atoms with Gasteiger partial charge in [-0.05, 0) is 37.3 Å². The highest BCUT2D eigenvalue weighted by Gasteiger charge is 2.21. The van der Waals surface area contributed by atoms with E-state index in [2.05, 4.69) is 10.4 Å². The first-order valence-corrected chi connectivity index (χ1v) is 9.59. The molecule has 0 spiro atoms. The Morgan fingerprint density at radius 2 is 1.90 bits per heavy atom. The van der Waals surface area contributed by atoms with Gasteiger partial charge in [-0.15, -0.1) is 0 Å². The number of hydrogen-bond donors (Lipinski definition) is 1. The van der Waals surface area contributed by atoms with Crippen LogP contribution in [-0.4, -0.2) is 28.3 Å². The van der Waals surface area contributed by atoms with Gasteiger partial charge in [0, 0.05) is 17.6 Å². The first-order valence-electron chi connectivity index (χ1n) is 9.59. The molecule has 0 bridgehead atoms. The summed E-state index contributed by atoms with van der Waals surface area (Å²) in [6, 6.07) is 14.9. The summed E-state index contributed by atoms with van der Waals surface area (Å²) in [5.41, 5.74) is 1.45. The molecule has 0 aliphatic rings. The van der Waals surface area contributed by atoms with Crippen LogP contribution in [0.25, 0.3) is 11.8 Å². The summed E-state index contributed by atoms with van der Waals surface area (Å²) in [5.74, 6) is 0.700. The van der Waals surface area contributed by atoms with E-state index in [-0.39, 0.29) is 5.41 Å². The third-order valence-electron chi connectivity index (χ3n) is 4.24. The molecule has 7 heteroatoms. The highest BCUT2D eigenvalue weighted by molar-refractivity contribution is 5.94. The molecule has 0 aliphatic carbocycles. The van der Waals surface area contributed by atoms with Crippen molar-refractivity contribution >= 4 is 23.8 Å². The number of para-hydroxylation sites is 1. The number of carbonyl (C=O) groups excluding carboxylic acids is 2. The van der Waals surface area contributed by atoms with E-state index in [0.29, 0.717) is 11.6 Å². The molecule has 2 aromatic heterocycles. The van der Waals surface area contributed by atoms with E-state index in [0.717, 1.165) is 17.1 Å². The molecular weight excluding hydrogens is 382 g/mol. The lowest BCUT2D eigenvalue weighted by Gasteiger charge is -2.14. The number of aryl methyl sites for hydroxylation is 1. The molecule has 3 aromatic rings. The molecule has 3 rings (SSSR count). The van der Waals surface area contributed by atoms with Crippen molar-refractivity contribution in [1.82, 2.24) is 9.78 Å². The molecule has 0 saturated heterocycles. The van der Waals surface area contributed by atoms with Crippen molar-refractivity contribution in [2.75, 3.05) is 11.9 Å². The topological polar surface area (TPSA) is 86.4 Å². The molecule has 0 fully saturated rings. The van der Waals surface area contributed by atoms with E-state index in [4.69, 9.17) is 9.15 Å². The van der Waals surface area contributed by atoms with Crippen LogP contribution < -0.4 is 5.32 Å². The number of ether oxygens (including phenoxy) is 1. The smallest absolute Gasteiger partial charge is 0.331 e. The molecule has 30 heavy (non-hydrogen) atoms. The number of aromatic nitrogens is 2. The van der Waals surface area contributed by atoms with Gasteiger partial charge < -0.3 is 14.5 Å². The fourth-order valence-electron chi connectivity index (χ4n) is 2.66. The number of rotatable bonds is 6. The van der Waals surface area contributed by atoms with Gasteiger partial charge in [-0.1, -0.05) is 39.0 Å². The van der Waals surface area contributed by atoms with Crippen LogP contribution in [-0.2, 0) is 19.7 Å². The molecule has 0 aliphatic heterocycles. The van der Waals surface area contributed by atoms with Gasteiger partial charge in [0.15, 0.2) is 6.61 Å². The van der Waals surface area contributed by atoms with E-state index in [1.54, 1.807) is 16.8 Å². The monoisotopic (exact) mass is 407 g/mol. The zero-order valence-electron chi connectivity index (χ0n) is 17.5. The van der Waals surface area contributed by atoms with E-state index >= 15 is 0 Å². The van der Waals surface area contributed by atoms with Crippen LogP contribution in [0.5, 0.6) is 0 Å². The summed E-state index contributed by atoms with van der Waals surface area (Å²) in [5, 5.41) is 7.41. The predicted octanol–water partition coefficient (Wildman–Crippen LogP) is 4.27. The van der Waals surface area contributed by atoms with Crippen molar-refractivity contribution in [2.24, 2.45) is 0 Å². The van der Waals surface area contributed by atoms with E-state index in [1.807, 2.05) is 64.1 Å². The van der Waals surface area contributed by atoms with Gasteiger partial charge in [-0.2, -0.15) is 5.10 Å². The standard InChI is InChI=1S/C23H25N3O4/c1-16-10-11-18(30-16)12-13-22(28)29-15-21(27)24-20-14-19(23(2,3)4)25-26(20)17-8-6-5-7-9-17/h5-14H,15H2,1-4H3,(H,24,27)/b13-12+. The molecule has 0 radical (unpaired) electrons. The van der Waals surface area contributed by atoms with E-state index in [1.165, 1.54) is 12.2 Å². The fraction of sp³-hybridized carbons (Fsp3) is 0.261. The Hall–Kier alpha value is -3.61. The van der Waals surface area contributed by atoms with Crippen molar-refractivity contribution in [3.05, 3.63) is 71.8 Å². The Labute approximate surface area is 175 Å². The minimum atomic E-state index is -0.633. The molecule has 156 valence electrons. The maximum absolute atomic E-state index is 12.4. The summed E-state index contributed by atoms with van der Waals surface area (Å²) in [6.07, 6.45) is 2.71. The number of nitrogens with one attached hydrogen (secondary N) is 1. The normalized spacial score (nSPS) is 11.6. The number of nitrogens with zero attached hydrogens (tertiary/aromatic N) is 2. The van der Waals surface area contributed by atoms with Gasteiger partial charge in [0.1, 0.15) is 17.3 Å². The summed E-state index contributed by atoms with van der Waals surface area (Å²) >= 11 is 0. The van der Waals surface area contributed by atoms with Crippen molar-refractivity contribution in [1.29, 1.82) is 0 Å². The van der Waals surface area contributed by atoms with Gasteiger partial charge in [0.2, 0.25) is 0 Å². The molecule has 1 aromatic carbocycles. The summed E-state index contributed by atoms with van der Waals surface area (Å²) in [7, 11) is 0. The third-order valence-corrected chi connectivity index (χ3v) is 4.24. The molecule has 7 nitrogen and oxygen atoms in total. The van der Waals surface area contributed by atoms with Crippen LogP contribution in [0, 0.1) is 6.92 Å². The average Bonchev–Trinajstić information content (AvgIpc) is 3.31. The average molecular weight is 407 g/mol. The Morgan fingerprint density at radius 1 is 1.17 bits per heavy atom. The zero-order chi connectivity index (χ0) is 21.7. The summed E-state index contributed by atoms with van der Waals surface area (Å²) in [4.78, 5) is 24.2. The number of benzene rings is 1. The third kappa shape index (κ3) is 5.47. The summed E-state index contributed by atoms with van der Waals surface area (Å²) in [6.45, 7) is 7.54. The van der Waals surface area contributed by atoms with Crippen LogP contribution >= 0.6 is 0 Å². The second-order valence-electron chi connectivity index (χ2n) is 7.85. The van der Waals surface area contributed by atoms with Crippen molar-refractivity contribution in [2.45, 2.75) is 33.1 Å². The van der Waals surface area contributed by atoms with Crippen LogP contribution in [0.15, 0.2) is 59.0 Å². The number of carbonyl (C=O) groups is 2. The Balaban J connectivity index is 1.66. The number of hydrogen-bond acceptors (Lipinski definition) is 5.